The molecule has 5 heteroatoms. The van der Waals surface area contributed by atoms with Gasteiger partial charge in [0.05, 0.1) is 6.54 Å². The summed E-state index contributed by atoms with van der Waals surface area (Å²) in [4.78, 5) is 12.2. The van der Waals surface area contributed by atoms with Crippen molar-refractivity contribution in [2.45, 2.75) is 38.6 Å². The molecule has 1 aliphatic rings. The van der Waals surface area contributed by atoms with Crippen LogP contribution in [0.1, 0.15) is 37.8 Å². The lowest BCUT2D eigenvalue weighted by atomic mass is 9.89. The van der Waals surface area contributed by atoms with Gasteiger partial charge in [-0.05, 0) is 25.0 Å². The van der Waals surface area contributed by atoms with Crippen LogP contribution in [0.15, 0.2) is 45.3 Å². The SMILES string of the molecule is O=C(NCc1cc(-c2cc3ccccc3o2)on1)C1CCCCC1. The van der Waals surface area contributed by atoms with Crippen LogP contribution in [0.4, 0.5) is 0 Å². The minimum Gasteiger partial charge on any atom is -0.453 e. The van der Waals surface area contributed by atoms with Gasteiger partial charge in [0, 0.05) is 17.4 Å². The lowest BCUT2D eigenvalue weighted by molar-refractivity contribution is -0.126. The number of amides is 1. The molecule has 3 aromatic rings. The summed E-state index contributed by atoms with van der Waals surface area (Å²) in [5.74, 6) is 1.50. The van der Waals surface area contributed by atoms with E-state index >= 15 is 0 Å². The predicted octanol–water partition coefficient (Wildman–Crippen LogP) is 4.28. The summed E-state index contributed by atoms with van der Waals surface area (Å²) in [7, 11) is 0. The summed E-state index contributed by atoms with van der Waals surface area (Å²) in [5, 5.41) is 8.02. The van der Waals surface area contributed by atoms with Crippen molar-refractivity contribution in [3.05, 3.63) is 42.1 Å². The normalized spacial score (nSPS) is 15.7. The van der Waals surface area contributed by atoms with Gasteiger partial charge in [0.25, 0.3) is 0 Å². The Balaban J connectivity index is 1.42. The molecule has 0 unspecified atom stereocenters. The third-order valence-corrected chi connectivity index (χ3v) is 4.65. The number of hydrogen-bond acceptors (Lipinski definition) is 4. The number of furan rings is 1. The second-order valence-corrected chi connectivity index (χ2v) is 6.38. The number of hydrogen-bond donors (Lipinski definition) is 1. The number of rotatable bonds is 4. The van der Waals surface area contributed by atoms with Gasteiger partial charge in [-0.15, -0.1) is 0 Å². The van der Waals surface area contributed by atoms with Gasteiger partial charge in [-0.3, -0.25) is 4.79 Å². The average Bonchev–Trinajstić information content (AvgIpc) is 3.27. The van der Waals surface area contributed by atoms with Gasteiger partial charge < -0.3 is 14.3 Å². The average molecular weight is 324 g/mol. The number of fused-ring (bicyclic) bond motifs is 1. The van der Waals surface area contributed by atoms with E-state index in [-0.39, 0.29) is 11.8 Å². The van der Waals surface area contributed by atoms with Crippen molar-refractivity contribution in [3.8, 4) is 11.5 Å². The number of carbonyl (C=O) groups is 1. The Hall–Kier alpha value is -2.56. The molecule has 5 nitrogen and oxygen atoms in total. The molecule has 0 bridgehead atoms. The minimum atomic E-state index is 0.128. The molecule has 124 valence electrons. The van der Waals surface area contributed by atoms with E-state index in [1.54, 1.807) is 0 Å². The van der Waals surface area contributed by atoms with E-state index < -0.39 is 0 Å². The molecule has 1 fully saturated rings. The van der Waals surface area contributed by atoms with E-state index in [9.17, 15) is 4.79 Å². The maximum atomic E-state index is 12.2. The van der Waals surface area contributed by atoms with Crippen LogP contribution in [-0.4, -0.2) is 11.1 Å². The molecule has 0 saturated heterocycles. The fraction of sp³-hybridized carbons (Fsp3) is 0.368. The van der Waals surface area contributed by atoms with Gasteiger partial charge in [0.15, 0.2) is 5.76 Å². The lowest BCUT2D eigenvalue weighted by Gasteiger charge is -2.20. The molecule has 0 aliphatic heterocycles. The van der Waals surface area contributed by atoms with Crippen LogP contribution in [0.5, 0.6) is 0 Å². The first-order valence-electron chi connectivity index (χ1n) is 8.52. The van der Waals surface area contributed by atoms with Gasteiger partial charge in [0.2, 0.25) is 11.7 Å². The highest BCUT2D eigenvalue weighted by Gasteiger charge is 2.21. The molecular weight excluding hydrogens is 304 g/mol. The zero-order valence-electron chi connectivity index (χ0n) is 13.5. The second-order valence-electron chi connectivity index (χ2n) is 6.38. The summed E-state index contributed by atoms with van der Waals surface area (Å²) in [6, 6.07) is 11.6. The fourth-order valence-electron chi connectivity index (χ4n) is 3.30. The van der Waals surface area contributed by atoms with Gasteiger partial charge in [0.1, 0.15) is 11.3 Å². The standard InChI is InChI=1S/C19H20N2O3/c22-19(13-6-2-1-3-7-13)20-12-15-11-18(24-21-15)17-10-14-8-4-5-9-16(14)23-17/h4-5,8-11,13H,1-3,6-7,12H2,(H,20,22). The van der Waals surface area contributed by atoms with E-state index in [0.29, 0.717) is 23.8 Å². The molecule has 1 amide bonds. The van der Waals surface area contributed by atoms with E-state index in [1.807, 2.05) is 36.4 Å². The summed E-state index contributed by atoms with van der Waals surface area (Å²) >= 11 is 0. The summed E-state index contributed by atoms with van der Waals surface area (Å²) in [5.41, 5.74) is 1.52. The van der Waals surface area contributed by atoms with Crippen LogP contribution in [0.2, 0.25) is 0 Å². The molecule has 2 aromatic heterocycles. The van der Waals surface area contributed by atoms with Gasteiger partial charge in [-0.1, -0.05) is 42.6 Å². The Morgan fingerprint density at radius 3 is 2.79 bits per heavy atom. The largest absolute Gasteiger partial charge is 0.453 e. The first kappa shape index (κ1) is 15.0. The molecule has 0 spiro atoms. The first-order chi connectivity index (χ1) is 11.8. The van der Waals surface area contributed by atoms with Crippen molar-refractivity contribution in [1.82, 2.24) is 10.5 Å². The Bertz CT molecular complexity index is 810. The van der Waals surface area contributed by atoms with Crippen molar-refractivity contribution >= 4 is 16.9 Å². The third kappa shape index (κ3) is 3.07. The molecule has 0 atom stereocenters. The van der Waals surface area contributed by atoms with Crippen LogP contribution in [0, 0.1) is 5.92 Å². The van der Waals surface area contributed by atoms with Crippen molar-refractivity contribution in [1.29, 1.82) is 0 Å². The van der Waals surface area contributed by atoms with Crippen LogP contribution >= 0.6 is 0 Å². The summed E-state index contributed by atoms with van der Waals surface area (Å²) in [6.07, 6.45) is 5.54. The Morgan fingerprint density at radius 2 is 1.96 bits per heavy atom. The molecule has 1 N–H and O–H groups in total. The highest BCUT2D eigenvalue weighted by atomic mass is 16.5. The molecule has 4 rings (SSSR count). The van der Waals surface area contributed by atoms with Gasteiger partial charge >= 0.3 is 0 Å². The van der Waals surface area contributed by atoms with E-state index in [0.717, 1.165) is 36.7 Å². The quantitative estimate of drug-likeness (QED) is 0.777. The van der Waals surface area contributed by atoms with Crippen LogP contribution in [0.3, 0.4) is 0 Å². The maximum absolute atomic E-state index is 12.2. The summed E-state index contributed by atoms with van der Waals surface area (Å²) in [6.45, 7) is 0.388. The predicted molar refractivity (Wildman–Crippen MR) is 90.1 cm³/mol. The number of aromatic nitrogens is 1. The van der Waals surface area contributed by atoms with Gasteiger partial charge in [-0.2, -0.15) is 0 Å². The Kier molecular flexibility index (Phi) is 4.07. The fourth-order valence-corrected chi connectivity index (χ4v) is 3.30. The number of carbonyl (C=O) groups excluding carboxylic acids is 1. The number of nitrogens with zero attached hydrogens (tertiary/aromatic N) is 1. The van der Waals surface area contributed by atoms with Gasteiger partial charge in [-0.25, -0.2) is 0 Å². The Labute approximate surface area is 140 Å². The molecule has 1 saturated carbocycles. The molecule has 0 radical (unpaired) electrons. The Morgan fingerprint density at radius 1 is 1.12 bits per heavy atom. The maximum Gasteiger partial charge on any atom is 0.223 e. The zero-order chi connectivity index (χ0) is 16.4. The number of benzene rings is 1. The molecule has 1 aromatic carbocycles. The van der Waals surface area contributed by atoms with Crippen LogP contribution < -0.4 is 5.32 Å². The monoisotopic (exact) mass is 324 g/mol. The van der Waals surface area contributed by atoms with Crippen molar-refractivity contribution < 1.29 is 13.7 Å². The topological polar surface area (TPSA) is 68.3 Å². The number of para-hydroxylation sites is 1. The second kappa shape index (κ2) is 6.51. The first-order valence-corrected chi connectivity index (χ1v) is 8.52. The van der Waals surface area contributed by atoms with E-state index in [2.05, 4.69) is 10.5 Å². The summed E-state index contributed by atoms with van der Waals surface area (Å²) < 4.78 is 11.1. The third-order valence-electron chi connectivity index (χ3n) is 4.65. The lowest BCUT2D eigenvalue weighted by Crippen LogP contribution is -2.31. The minimum absolute atomic E-state index is 0.128. The molecule has 1 aliphatic carbocycles. The van der Waals surface area contributed by atoms with Crippen LogP contribution in [-0.2, 0) is 11.3 Å². The molecule has 24 heavy (non-hydrogen) atoms. The zero-order valence-corrected chi connectivity index (χ0v) is 13.5. The highest BCUT2D eigenvalue weighted by Crippen LogP contribution is 2.28. The smallest absolute Gasteiger partial charge is 0.223 e. The molecular formula is C19H20N2O3. The van der Waals surface area contributed by atoms with Crippen LogP contribution in [0.25, 0.3) is 22.5 Å². The number of nitrogens with one attached hydrogen (secondary N) is 1. The highest BCUT2D eigenvalue weighted by molar-refractivity contribution is 5.82. The van der Waals surface area contributed by atoms with Crippen molar-refractivity contribution in [2.75, 3.05) is 0 Å². The van der Waals surface area contributed by atoms with Crippen molar-refractivity contribution in [2.24, 2.45) is 5.92 Å². The molecule has 2 heterocycles. The van der Waals surface area contributed by atoms with E-state index in [4.69, 9.17) is 8.94 Å². The van der Waals surface area contributed by atoms with Crippen molar-refractivity contribution in [3.63, 3.8) is 0 Å². The van der Waals surface area contributed by atoms with E-state index in [1.165, 1.54) is 6.42 Å².